The van der Waals surface area contributed by atoms with Gasteiger partial charge in [-0.15, -0.1) is 0 Å². The average molecular weight is 598 g/mol. The van der Waals surface area contributed by atoms with E-state index in [1.54, 1.807) is 0 Å². The zero-order chi connectivity index (χ0) is 30.9. The summed E-state index contributed by atoms with van der Waals surface area (Å²) in [6.07, 6.45) is 1.99. The third kappa shape index (κ3) is 3.89. The molecule has 0 spiro atoms. The molecule has 0 aliphatic carbocycles. The first kappa shape index (κ1) is 26.0. The summed E-state index contributed by atoms with van der Waals surface area (Å²) in [7, 11) is 0. The fourth-order valence-corrected chi connectivity index (χ4v) is 7.79. The highest BCUT2D eigenvalue weighted by Gasteiger charge is 2.18. The number of aromatic amines is 1. The van der Waals surface area contributed by atoms with Crippen LogP contribution in [0.2, 0.25) is 0 Å². The Balaban J connectivity index is 1.15. The van der Waals surface area contributed by atoms with E-state index in [1.165, 1.54) is 87.6 Å². The van der Waals surface area contributed by atoms with E-state index in [0.717, 1.165) is 5.69 Å². The Labute approximate surface area is 272 Å². The first-order chi connectivity index (χ1) is 23.3. The molecule has 2 heterocycles. The third-order valence-electron chi connectivity index (χ3n) is 9.90. The van der Waals surface area contributed by atoms with Crippen LogP contribution in [0.4, 0.5) is 0 Å². The van der Waals surface area contributed by atoms with Crippen LogP contribution in [0.15, 0.2) is 170 Å². The van der Waals surface area contributed by atoms with Gasteiger partial charge in [0.2, 0.25) is 5.69 Å². The van der Waals surface area contributed by atoms with Crippen LogP contribution < -0.4 is 4.98 Å². The summed E-state index contributed by atoms with van der Waals surface area (Å²) in [5.41, 5.74) is 10.9. The normalized spacial score (nSPS) is 11.8. The number of para-hydroxylation sites is 2. The predicted molar refractivity (Wildman–Crippen MR) is 197 cm³/mol. The molecule has 0 saturated heterocycles. The standard InChI is InChI=1S/C45H28N2/c1-2-10-36(41-13-7-8-28-46-41)34(9-1)35-25-19-31-20-26-39-33(24-18-30-21-27-40(35)45(31)44(30)39)29-16-22-32(23-17-29)47-42-14-5-3-11-37(42)38-12-4-6-15-43(38)47/h1-28H/p+1. The molecule has 0 fully saturated rings. The van der Waals surface area contributed by atoms with E-state index >= 15 is 0 Å². The Morgan fingerprint density at radius 3 is 1.57 bits per heavy atom. The van der Waals surface area contributed by atoms with Gasteiger partial charge < -0.3 is 4.57 Å². The highest BCUT2D eigenvalue weighted by molar-refractivity contribution is 6.27. The minimum Gasteiger partial charge on any atom is -0.309 e. The summed E-state index contributed by atoms with van der Waals surface area (Å²) in [6, 6.07) is 59.8. The number of aromatic nitrogens is 2. The number of nitrogens with one attached hydrogen (secondary N) is 1. The van der Waals surface area contributed by atoms with Crippen LogP contribution in [-0.2, 0) is 0 Å². The Kier molecular flexibility index (Phi) is 5.61. The summed E-state index contributed by atoms with van der Waals surface area (Å²) in [5, 5.41) is 10.3. The highest BCUT2D eigenvalue weighted by Crippen LogP contribution is 2.44. The largest absolute Gasteiger partial charge is 0.309 e. The van der Waals surface area contributed by atoms with E-state index < -0.39 is 0 Å². The summed E-state index contributed by atoms with van der Waals surface area (Å²) in [6.45, 7) is 0. The number of rotatable bonds is 4. The molecular weight excluding hydrogens is 569 g/mol. The van der Waals surface area contributed by atoms with Crippen molar-refractivity contribution in [1.29, 1.82) is 0 Å². The topological polar surface area (TPSA) is 19.1 Å². The first-order valence-electron chi connectivity index (χ1n) is 16.2. The number of hydrogen-bond acceptors (Lipinski definition) is 0. The van der Waals surface area contributed by atoms with Crippen LogP contribution in [0.5, 0.6) is 0 Å². The van der Waals surface area contributed by atoms with Gasteiger partial charge >= 0.3 is 0 Å². The Morgan fingerprint density at radius 1 is 0.362 bits per heavy atom. The maximum atomic E-state index is 3.45. The van der Waals surface area contributed by atoms with Crippen molar-refractivity contribution in [3.05, 3.63) is 170 Å². The summed E-state index contributed by atoms with van der Waals surface area (Å²) < 4.78 is 2.38. The van der Waals surface area contributed by atoms with Gasteiger partial charge in [0.15, 0.2) is 6.20 Å². The molecule has 2 nitrogen and oxygen atoms in total. The average Bonchev–Trinajstić information content (AvgIpc) is 3.48. The maximum absolute atomic E-state index is 3.45. The fourth-order valence-electron chi connectivity index (χ4n) is 7.79. The van der Waals surface area contributed by atoms with Crippen molar-refractivity contribution in [2.45, 2.75) is 0 Å². The van der Waals surface area contributed by atoms with Crippen LogP contribution >= 0.6 is 0 Å². The van der Waals surface area contributed by atoms with Gasteiger partial charge in [-0.3, -0.25) is 0 Å². The van der Waals surface area contributed by atoms with E-state index in [0.29, 0.717) is 0 Å². The smallest absolute Gasteiger partial charge is 0.211 e. The molecule has 0 radical (unpaired) electrons. The molecule has 0 unspecified atom stereocenters. The van der Waals surface area contributed by atoms with Crippen molar-refractivity contribution in [3.63, 3.8) is 0 Å². The summed E-state index contributed by atoms with van der Waals surface area (Å²) in [4.78, 5) is 3.45. The number of nitrogens with zero attached hydrogens (tertiary/aromatic N) is 1. The third-order valence-corrected chi connectivity index (χ3v) is 9.90. The van der Waals surface area contributed by atoms with Crippen molar-refractivity contribution in [1.82, 2.24) is 4.57 Å². The van der Waals surface area contributed by atoms with Crippen molar-refractivity contribution >= 4 is 54.1 Å². The van der Waals surface area contributed by atoms with E-state index in [-0.39, 0.29) is 0 Å². The van der Waals surface area contributed by atoms with E-state index in [4.69, 9.17) is 0 Å². The Morgan fingerprint density at radius 2 is 0.915 bits per heavy atom. The quantitative estimate of drug-likeness (QED) is 0.180. The Hall–Kier alpha value is -6.25. The second kappa shape index (κ2) is 10.1. The number of H-pyrrole nitrogens is 1. The molecule has 2 heteroatoms. The van der Waals surface area contributed by atoms with Gasteiger partial charge in [0.1, 0.15) is 0 Å². The number of fused-ring (bicyclic) bond motifs is 3. The molecule has 0 bridgehead atoms. The van der Waals surface area contributed by atoms with Gasteiger partial charge in [-0.2, -0.15) is 0 Å². The minimum atomic E-state index is 1.11. The molecule has 1 N–H and O–H groups in total. The van der Waals surface area contributed by atoms with E-state index in [1.807, 2.05) is 12.3 Å². The van der Waals surface area contributed by atoms with Crippen molar-refractivity contribution in [3.8, 4) is 39.2 Å². The minimum absolute atomic E-state index is 1.11. The van der Waals surface area contributed by atoms with Crippen LogP contribution in [-0.4, -0.2) is 4.57 Å². The van der Waals surface area contributed by atoms with Crippen molar-refractivity contribution < 1.29 is 4.98 Å². The molecule has 47 heavy (non-hydrogen) atoms. The summed E-state index contributed by atoms with van der Waals surface area (Å²) >= 11 is 0. The summed E-state index contributed by atoms with van der Waals surface area (Å²) in [5.74, 6) is 0. The number of benzene rings is 8. The lowest BCUT2D eigenvalue weighted by Crippen LogP contribution is -2.05. The zero-order valence-corrected chi connectivity index (χ0v) is 25.6. The molecule has 8 aromatic carbocycles. The molecule has 10 aromatic rings. The molecule has 0 aliphatic heterocycles. The lowest BCUT2D eigenvalue weighted by Gasteiger charge is -2.17. The molecule has 10 rings (SSSR count). The molecule has 0 saturated carbocycles. The first-order valence-corrected chi connectivity index (χ1v) is 16.2. The molecule has 0 aliphatic rings. The molecular formula is C45H29N2+. The number of hydrogen-bond donors (Lipinski definition) is 0. The van der Waals surface area contributed by atoms with Gasteiger partial charge in [-0.25, -0.2) is 4.98 Å². The monoisotopic (exact) mass is 597 g/mol. The van der Waals surface area contributed by atoms with Gasteiger partial charge in [0.05, 0.1) is 16.6 Å². The van der Waals surface area contributed by atoms with Gasteiger partial charge in [0, 0.05) is 28.6 Å². The van der Waals surface area contributed by atoms with Gasteiger partial charge in [-0.1, -0.05) is 115 Å². The second-order valence-corrected chi connectivity index (χ2v) is 12.4. The fraction of sp³-hybridized carbons (Fsp3) is 0. The highest BCUT2D eigenvalue weighted by atomic mass is 15.0. The Bertz CT molecular complexity index is 2720. The zero-order valence-electron chi connectivity index (χ0n) is 25.6. The van der Waals surface area contributed by atoms with Crippen molar-refractivity contribution in [2.75, 3.05) is 0 Å². The molecule has 2 aromatic heterocycles. The van der Waals surface area contributed by atoms with Gasteiger partial charge in [0.25, 0.3) is 0 Å². The van der Waals surface area contributed by atoms with Crippen LogP contribution in [0.1, 0.15) is 0 Å². The SMILES string of the molecule is c1ccc(-c2ccccc2-c2ccc3ccc4c(-c5ccc(-n6c7ccccc7c7ccccc76)cc5)ccc5ccc2c3c54)[nH+]c1. The number of pyridine rings is 1. The van der Waals surface area contributed by atoms with Crippen molar-refractivity contribution in [2.24, 2.45) is 0 Å². The predicted octanol–water partition coefficient (Wildman–Crippen LogP) is 11.5. The van der Waals surface area contributed by atoms with Crippen LogP contribution in [0, 0.1) is 0 Å². The molecule has 0 atom stereocenters. The lowest BCUT2D eigenvalue weighted by atomic mass is 9.86. The molecule has 0 amide bonds. The molecule has 218 valence electrons. The van der Waals surface area contributed by atoms with E-state index in [2.05, 4.69) is 167 Å². The van der Waals surface area contributed by atoms with Gasteiger partial charge in [-0.05, 0) is 91.0 Å². The van der Waals surface area contributed by atoms with Crippen LogP contribution in [0.3, 0.4) is 0 Å². The second-order valence-electron chi connectivity index (χ2n) is 12.4. The maximum Gasteiger partial charge on any atom is 0.211 e. The van der Waals surface area contributed by atoms with E-state index in [9.17, 15) is 0 Å². The lowest BCUT2D eigenvalue weighted by molar-refractivity contribution is -0.364. The van der Waals surface area contributed by atoms with Crippen LogP contribution in [0.25, 0.3) is 93.3 Å².